The number of hydrogen-bond acceptors (Lipinski definition) is 4. The van der Waals surface area contributed by atoms with E-state index >= 15 is 0 Å². The van der Waals surface area contributed by atoms with Crippen molar-refractivity contribution in [2.75, 3.05) is 27.2 Å². The number of nitrogens with zero attached hydrogens (tertiary/aromatic N) is 1. The number of amides is 2. The van der Waals surface area contributed by atoms with Gasteiger partial charge in [0.1, 0.15) is 0 Å². The van der Waals surface area contributed by atoms with Crippen molar-refractivity contribution in [3.63, 3.8) is 0 Å². The van der Waals surface area contributed by atoms with Gasteiger partial charge in [0.2, 0.25) is 0 Å². The number of carboxylic acid groups (broad SMARTS) is 1. The summed E-state index contributed by atoms with van der Waals surface area (Å²) in [6.07, 6.45) is -0.368. The maximum Gasteiger partial charge on any atom is 0.328 e. The first kappa shape index (κ1) is 15.7. The molecule has 0 aliphatic carbocycles. The SMILES string of the molecule is C[C@@H](O)[C@H](NC(=O)NCCCN(C)C)C(=O)O. The summed E-state index contributed by atoms with van der Waals surface area (Å²) in [5.74, 6) is -1.26. The van der Waals surface area contributed by atoms with Gasteiger partial charge in [0.25, 0.3) is 0 Å². The lowest BCUT2D eigenvalue weighted by molar-refractivity contribution is -0.141. The fraction of sp³-hybridized carbons (Fsp3) is 0.800. The molecular weight excluding hydrogens is 226 g/mol. The molecule has 17 heavy (non-hydrogen) atoms. The van der Waals surface area contributed by atoms with Gasteiger partial charge < -0.3 is 25.7 Å². The van der Waals surface area contributed by atoms with Gasteiger partial charge >= 0.3 is 12.0 Å². The van der Waals surface area contributed by atoms with E-state index in [4.69, 9.17) is 10.2 Å². The van der Waals surface area contributed by atoms with Gasteiger partial charge in [-0.2, -0.15) is 0 Å². The first-order valence-corrected chi connectivity index (χ1v) is 5.44. The normalized spacial score (nSPS) is 14.2. The highest BCUT2D eigenvalue weighted by Gasteiger charge is 2.24. The smallest absolute Gasteiger partial charge is 0.328 e. The summed E-state index contributed by atoms with van der Waals surface area (Å²) in [4.78, 5) is 24.0. The molecule has 0 aromatic carbocycles. The summed E-state index contributed by atoms with van der Waals surface area (Å²) in [7, 11) is 3.85. The van der Waals surface area contributed by atoms with Crippen molar-refractivity contribution >= 4 is 12.0 Å². The highest BCUT2D eigenvalue weighted by molar-refractivity contribution is 5.82. The zero-order valence-electron chi connectivity index (χ0n) is 10.4. The molecule has 0 aromatic rings. The monoisotopic (exact) mass is 247 g/mol. The van der Waals surface area contributed by atoms with Crippen LogP contribution in [0.25, 0.3) is 0 Å². The molecule has 0 unspecified atom stereocenters. The second kappa shape index (κ2) is 7.86. The number of carbonyl (C=O) groups is 2. The van der Waals surface area contributed by atoms with Crippen molar-refractivity contribution in [3.05, 3.63) is 0 Å². The maximum absolute atomic E-state index is 11.3. The molecule has 0 fully saturated rings. The minimum Gasteiger partial charge on any atom is -0.480 e. The van der Waals surface area contributed by atoms with Gasteiger partial charge in [-0.15, -0.1) is 0 Å². The summed E-state index contributed by atoms with van der Waals surface area (Å²) < 4.78 is 0. The molecular formula is C10H21N3O4. The molecule has 0 rings (SSSR count). The van der Waals surface area contributed by atoms with Crippen LogP contribution in [0.3, 0.4) is 0 Å². The maximum atomic E-state index is 11.3. The molecule has 0 aliphatic heterocycles. The van der Waals surface area contributed by atoms with Crippen LogP contribution in [-0.2, 0) is 4.79 Å². The fourth-order valence-corrected chi connectivity index (χ4v) is 1.18. The minimum atomic E-state index is -1.29. The Bertz CT molecular complexity index is 256. The third-order valence-electron chi connectivity index (χ3n) is 2.10. The van der Waals surface area contributed by atoms with Gasteiger partial charge in [-0.3, -0.25) is 0 Å². The van der Waals surface area contributed by atoms with Gasteiger partial charge in [-0.25, -0.2) is 9.59 Å². The molecule has 2 atom stereocenters. The number of rotatable bonds is 7. The molecule has 7 nitrogen and oxygen atoms in total. The lowest BCUT2D eigenvalue weighted by Crippen LogP contribution is -2.51. The third kappa shape index (κ3) is 7.53. The quantitative estimate of drug-likeness (QED) is 0.435. The van der Waals surface area contributed by atoms with Crippen LogP contribution in [0.1, 0.15) is 13.3 Å². The first-order valence-electron chi connectivity index (χ1n) is 5.44. The zero-order valence-corrected chi connectivity index (χ0v) is 10.4. The van der Waals surface area contributed by atoms with Gasteiger partial charge in [-0.05, 0) is 34.0 Å². The van der Waals surface area contributed by atoms with E-state index in [0.29, 0.717) is 6.54 Å². The molecule has 0 radical (unpaired) electrons. The van der Waals surface area contributed by atoms with Crippen LogP contribution in [0.4, 0.5) is 4.79 Å². The Morgan fingerprint density at radius 2 is 1.94 bits per heavy atom. The molecule has 0 saturated carbocycles. The molecule has 0 spiro atoms. The molecule has 0 saturated heterocycles. The van der Waals surface area contributed by atoms with E-state index in [1.54, 1.807) is 0 Å². The molecule has 0 heterocycles. The van der Waals surface area contributed by atoms with Crippen LogP contribution < -0.4 is 10.6 Å². The van der Waals surface area contributed by atoms with E-state index in [0.717, 1.165) is 13.0 Å². The van der Waals surface area contributed by atoms with E-state index in [-0.39, 0.29) is 0 Å². The summed E-state index contributed by atoms with van der Waals surface area (Å²) in [5.41, 5.74) is 0. The van der Waals surface area contributed by atoms with E-state index in [2.05, 4.69) is 10.6 Å². The van der Waals surface area contributed by atoms with Crippen molar-refractivity contribution in [1.82, 2.24) is 15.5 Å². The largest absolute Gasteiger partial charge is 0.480 e. The van der Waals surface area contributed by atoms with Crippen LogP contribution in [0, 0.1) is 0 Å². The van der Waals surface area contributed by atoms with Gasteiger partial charge in [0, 0.05) is 6.54 Å². The van der Waals surface area contributed by atoms with E-state index in [9.17, 15) is 9.59 Å². The number of urea groups is 1. The molecule has 2 amide bonds. The Morgan fingerprint density at radius 1 is 1.35 bits per heavy atom. The summed E-state index contributed by atoms with van der Waals surface area (Å²) in [6.45, 7) is 2.60. The molecule has 0 bridgehead atoms. The Labute approximate surface area is 101 Å². The van der Waals surface area contributed by atoms with Gasteiger partial charge in [0.15, 0.2) is 6.04 Å². The number of carbonyl (C=O) groups excluding carboxylic acids is 1. The number of carboxylic acids is 1. The van der Waals surface area contributed by atoms with Crippen molar-refractivity contribution in [1.29, 1.82) is 0 Å². The lowest BCUT2D eigenvalue weighted by atomic mass is 10.2. The van der Waals surface area contributed by atoms with Gasteiger partial charge in [0.05, 0.1) is 6.10 Å². The second-order valence-electron chi connectivity index (χ2n) is 4.11. The van der Waals surface area contributed by atoms with Crippen LogP contribution >= 0.6 is 0 Å². The van der Waals surface area contributed by atoms with E-state index in [1.807, 2.05) is 19.0 Å². The predicted octanol–water partition coefficient (Wildman–Crippen LogP) is -0.929. The Balaban J connectivity index is 3.87. The van der Waals surface area contributed by atoms with E-state index in [1.165, 1.54) is 6.92 Å². The molecule has 0 aliphatic rings. The van der Waals surface area contributed by atoms with Crippen LogP contribution in [0.2, 0.25) is 0 Å². The highest BCUT2D eigenvalue weighted by atomic mass is 16.4. The van der Waals surface area contributed by atoms with Crippen LogP contribution in [-0.4, -0.2) is 66.4 Å². The van der Waals surface area contributed by atoms with Gasteiger partial charge in [-0.1, -0.05) is 0 Å². The topological polar surface area (TPSA) is 102 Å². The minimum absolute atomic E-state index is 0.455. The van der Waals surface area contributed by atoms with E-state index < -0.39 is 24.1 Å². The fourth-order valence-electron chi connectivity index (χ4n) is 1.18. The molecule has 0 aromatic heterocycles. The van der Waals surface area contributed by atoms with Crippen molar-refractivity contribution in [2.45, 2.75) is 25.5 Å². The Morgan fingerprint density at radius 3 is 2.35 bits per heavy atom. The number of hydrogen-bond donors (Lipinski definition) is 4. The predicted molar refractivity (Wildman–Crippen MR) is 62.8 cm³/mol. The Hall–Kier alpha value is -1.34. The standard InChI is InChI=1S/C10H21N3O4/c1-7(14)8(9(15)16)12-10(17)11-5-4-6-13(2)3/h7-8,14H,4-6H2,1-3H3,(H,15,16)(H2,11,12,17)/t7-,8+/m1/s1. The number of aliphatic carboxylic acids is 1. The van der Waals surface area contributed by atoms with Crippen LogP contribution in [0.15, 0.2) is 0 Å². The average molecular weight is 247 g/mol. The Kier molecular flexibility index (Phi) is 7.24. The van der Waals surface area contributed by atoms with Crippen molar-refractivity contribution in [3.8, 4) is 0 Å². The van der Waals surface area contributed by atoms with Crippen LogP contribution in [0.5, 0.6) is 0 Å². The summed E-state index contributed by atoms with van der Waals surface area (Å²) in [5, 5.41) is 22.6. The highest BCUT2D eigenvalue weighted by Crippen LogP contribution is 1.92. The number of nitrogens with one attached hydrogen (secondary N) is 2. The number of aliphatic hydroxyl groups is 1. The molecule has 4 N–H and O–H groups in total. The third-order valence-corrected chi connectivity index (χ3v) is 2.10. The summed E-state index contributed by atoms with van der Waals surface area (Å²) >= 11 is 0. The second-order valence-corrected chi connectivity index (χ2v) is 4.11. The van der Waals surface area contributed by atoms with Crippen molar-refractivity contribution < 1.29 is 19.8 Å². The molecule has 100 valence electrons. The summed E-state index contributed by atoms with van der Waals surface area (Å²) in [6, 6.07) is -1.87. The zero-order chi connectivity index (χ0) is 13.4. The molecule has 7 heteroatoms. The number of aliphatic hydroxyl groups excluding tert-OH is 1. The van der Waals surface area contributed by atoms with Crippen molar-refractivity contribution in [2.24, 2.45) is 0 Å². The lowest BCUT2D eigenvalue weighted by Gasteiger charge is -2.17. The average Bonchev–Trinajstić information content (AvgIpc) is 2.19. The first-order chi connectivity index (χ1) is 7.84.